The lowest BCUT2D eigenvalue weighted by Gasteiger charge is -2.14. The summed E-state index contributed by atoms with van der Waals surface area (Å²) in [4.78, 5) is 0. The van der Waals surface area contributed by atoms with Gasteiger partial charge in [-0.2, -0.15) is 0 Å². The highest BCUT2D eigenvalue weighted by Gasteiger charge is 2.18. The largest absolute Gasteiger partial charge is 0.497 e. The second-order valence-corrected chi connectivity index (χ2v) is 4.81. The standard InChI is InChI=1S/C17H16FNO2/c1-19-16(11-5-3-7-13(9-11)20-2)15-10-12-6-4-8-14(18)17(12)21-15/h3-10,16,19H,1-2H3. The van der Waals surface area contributed by atoms with Crippen molar-refractivity contribution in [1.82, 2.24) is 5.32 Å². The fraction of sp³-hybridized carbons (Fsp3) is 0.176. The Morgan fingerprint density at radius 1 is 1.14 bits per heavy atom. The van der Waals surface area contributed by atoms with E-state index < -0.39 is 0 Å². The summed E-state index contributed by atoms with van der Waals surface area (Å²) in [7, 11) is 3.47. The highest BCUT2D eigenvalue weighted by molar-refractivity contribution is 5.78. The molecule has 1 atom stereocenters. The number of hydrogen-bond donors (Lipinski definition) is 1. The number of nitrogens with one attached hydrogen (secondary N) is 1. The van der Waals surface area contributed by atoms with Gasteiger partial charge in [-0.05, 0) is 36.9 Å². The third-order valence-corrected chi connectivity index (χ3v) is 3.52. The Kier molecular flexibility index (Phi) is 3.62. The zero-order chi connectivity index (χ0) is 14.8. The van der Waals surface area contributed by atoms with Crippen LogP contribution in [0.2, 0.25) is 0 Å². The molecule has 3 aromatic rings. The number of hydrogen-bond acceptors (Lipinski definition) is 3. The van der Waals surface area contributed by atoms with Crippen LogP contribution in [0.15, 0.2) is 52.9 Å². The topological polar surface area (TPSA) is 34.4 Å². The predicted octanol–water partition coefficient (Wildman–Crippen LogP) is 3.89. The van der Waals surface area contributed by atoms with Crippen molar-refractivity contribution < 1.29 is 13.5 Å². The molecule has 1 unspecified atom stereocenters. The lowest BCUT2D eigenvalue weighted by atomic mass is 10.0. The van der Waals surface area contributed by atoms with Crippen LogP contribution < -0.4 is 10.1 Å². The average molecular weight is 285 g/mol. The maximum atomic E-state index is 13.8. The Morgan fingerprint density at radius 2 is 1.95 bits per heavy atom. The Labute approximate surface area is 122 Å². The van der Waals surface area contributed by atoms with Gasteiger partial charge in [0, 0.05) is 5.39 Å². The fourth-order valence-corrected chi connectivity index (χ4v) is 2.48. The molecule has 1 N–H and O–H groups in total. The van der Waals surface area contributed by atoms with Gasteiger partial charge in [0.1, 0.15) is 11.5 Å². The van der Waals surface area contributed by atoms with Crippen LogP contribution in [0.25, 0.3) is 11.0 Å². The lowest BCUT2D eigenvalue weighted by molar-refractivity contribution is 0.413. The summed E-state index contributed by atoms with van der Waals surface area (Å²) in [6.07, 6.45) is 0. The highest BCUT2D eigenvalue weighted by atomic mass is 19.1. The van der Waals surface area contributed by atoms with E-state index >= 15 is 0 Å². The normalized spacial score (nSPS) is 12.5. The van der Waals surface area contributed by atoms with E-state index in [4.69, 9.17) is 9.15 Å². The molecule has 0 radical (unpaired) electrons. The number of halogens is 1. The van der Waals surface area contributed by atoms with Gasteiger partial charge in [0.2, 0.25) is 0 Å². The summed E-state index contributed by atoms with van der Waals surface area (Å²) in [6, 6.07) is 14.3. The number of para-hydroxylation sites is 1. The molecule has 0 saturated heterocycles. The SMILES string of the molecule is CNC(c1cccc(OC)c1)c1cc2cccc(F)c2o1. The first-order chi connectivity index (χ1) is 10.2. The zero-order valence-corrected chi connectivity index (χ0v) is 11.9. The van der Waals surface area contributed by atoms with Crippen LogP contribution in [0.4, 0.5) is 4.39 Å². The van der Waals surface area contributed by atoms with Gasteiger partial charge in [0.25, 0.3) is 0 Å². The third kappa shape index (κ3) is 2.50. The van der Waals surface area contributed by atoms with Crippen molar-refractivity contribution in [2.24, 2.45) is 0 Å². The zero-order valence-electron chi connectivity index (χ0n) is 11.9. The maximum absolute atomic E-state index is 13.8. The van der Waals surface area contributed by atoms with Crippen molar-refractivity contribution in [1.29, 1.82) is 0 Å². The molecular weight excluding hydrogens is 269 g/mol. The van der Waals surface area contributed by atoms with E-state index in [9.17, 15) is 4.39 Å². The van der Waals surface area contributed by atoms with E-state index in [-0.39, 0.29) is 17.4 Å². The molecule has 3 rings (SSSR count). The van der Waals surface area contributed by atoms with Crippen LogP contribution >= 0.6 is 0 Å². The van der Waals surface area contributed by atoms with Crippen molar-refractivity contribution in [3.8, 4) is 5.75 Å². The van der Waals surface area contributed by atoms with Crippen molar-refractivity contribution in [2.75, 3.05) is 14.2 Å². The summed E-state index contributed by atoms with van der Waals surface area (Å²) >= 11 is 0. The van der Waals surface area contributed by atoms with Gasteiger partial charge in [-0.15, -0.1) is 0 Å². The van der Waals surface area contributed by atoms with Crippen LogP contribution in [0.3, 0.4) is 0 Å². The second kappa shape index (κ2) is 5.58. The van der Waals surface area contributed by atoms with Crippen LogP contribution in [-0.4, -0.2) is 14.2 Å². The molecule has 1 heterocycles. The molecule has 0 saturated carbocycles. The molecule has 0 bridgehead atoms. The minimum atomic E-state index is -0.348. The summed E-state index contributed by atoms with van der Waals surface area (Å²) in [6.45, 7) is 0. The first-order valence-corrected chi connectivity index (χ1v) is 6.72. The molecule has 1 aromatic heterocycles. The smallest absolute Gasteiger partial charge is 0.169 e. The Morgan fingerprint density at radius 3 is 2.67 bits per heavy atom. The molecule has 0 spiro atoms. The third-order valence-electron chi connectivity index (χ3n) is 3.52. The Bertz CT molecular complexity index is 766. The molecule has 21 heavy (non-hydrogen) atoms. The number of benzene rings is 2. The minimum Gasteiger partial charge on any atom is -0.497 e. The molecule has 0 fully saturated rings. The van der Waals surface area contributed by atoms with E-state index in [1.165, 1.54) is 6.07 Å². The number of furan rings is 1. The summed E-state index contributed by atoms with van der Waals surface area (Å²) < 4.78 is 24.7. The first kappa shape index (κ1) is 13.6. The van der Waals surface area contributed by atoms with Crippen molar-refractivity contribution in [2.45, 2.75) is 6.04 Å². The minimum absolute atomic E-state index is 0.160. The molecule has 108 valence electrons. The van der Waals surface area contributed by atoms with Crippen LogP contribution in [0, 0.1) is 5.82 Å². The summed E-state index contributed by atoms with van der Waals surface area (Å²) in [5.41, 5.74) is 1.28. The van der Waals surface area contributed by atoms with Crippen molar-refractivity contribution >= 4 is 11.0 Å². The number of methoxy groups -OCH3 is 1. The van der Waals surface area contributed by atoms with E-state index in [1.807, 2.05) is 43.4 Å². The van der Waals surface area contributed by atoms with Crippen LogP contribution in [0.1, 0.15) is 17.4 Å². The maximum Gasteiger partial charge on any atom is 0.169 e. The molecular formula is C17H16FNO2. The Hall–Kier alpha value is -2.33. The molecule has 0 aliphatic heterocycles. The summed E-state index contributed by atoms with van der Waals surface area (Å²) in [5, 5.41) is 3.95. The molecule has 0 aliphatic rings. The average Bonchev–Trinajstić information content (AvgIpc) is 2.93. The van der Waals surface area contributed by atoms with Gasteiger partial charge in [-0.1, -0.05) is 24.3 Å². The van der Waals surface area contributed by atoms with E-state index in [0.717, 1.165) is 16.7 Å². The number of ether oxygens (including phenoxy) is 1. The number of fused-ring (bicyclic) bond motifs is 1. The lowest BCUT2D eigenvalue weighted by Crippen LogP contribution is -2.16. The predicted molar refractivity (Wildman–Crippen MR) is 80.1 cm³/mol. The monoisotopic (exact) mass is 285 g/mol. The van der Waals surface area contributed by atoms with Gasteiger partial charge in [0.15, 0.2) is 11.4 Å². The van der Waals surface area contributed by atoms with Crippen LogP contribution in [0.5, 0.6) is 5.75 Å². The van der Waals surface area contributed by atoms with Gasteiger partial charge in [-0.3, -0.25) is 0 Å². The fourth-order valence-electron chi connectivity index (χ4n) is 2.48. The molecule has 3 nitrogen and oxygen atoms in total. The van der Waals surface area contributed by atoms with Gasteiger partial charge in [-0.25, -0.2) is 4.39 Å². The van der Waals surface area contributed by atoms with Gasteiger partial charge >= 0.3 is 0 Å². The van der Waals surface area contributed by atoms with E-state index in [0.29, 0.717) is 5.76 Å². The molecule has 2 aromatic carbocycles. The van der Waals surface area contributed by atoms with E-state index in [2.05, 4.69) is 5.32 Å². The summed E-state index contributed by atoms with van der Waals surface area (Å²) in [5.74, 6) is 1.10. The molecule has 4 heteroatoms. The first-order valence-electron chi connectivity index (χ1n) is 6.72. The highest BCUT2D eigenvalue weighted by Crippen LogP contribution is 2.30. The van der Waals surface area contributed by atoms with Crippen molar-refractivity contribution in [3.05, 3.63) is 65.7 Å². The quantitative estimate of drug-likeness (QED) is 0.789. The molecule has 0 aliphatic carbocycles. The number of rotatable bonds is 4. The van der Waals surface area contributed by atoms with Crippen molar-refractivity contribution in [3.63, 3.8) is 0 Å². The van der Waals surface area contributed by atoms with Crippen LogP contribution in [-0.2, 0) is 0 Å². The Balaban J connectivity index is 2.07. The molecule has 0 amide bonds. The van der Waals surface area contributed by atoms with E-state index in [1.54, 1.807) is 13.2 Å². The van der Waals surface area contributed by atoms with Gasteiger partial charge in [0.05, 0.1) is 13.2 Å². The second-order valence-electron chi connectivity index (χ2n) is 4.81. The van der Waals surface area contributed by atoms with Gasteiger partial charge < -0.3 is 14.5 Å².